The first-order chi connectivity index (χ1) is 8.09. The third-order valence-electron chi connectivity index (χ3n) is 4.42. The Bertz CT molecular complexity index is 386. The minimum atomic E-state index is 0. The molecule has 0 aromatic heterocycles. The van der Waals surface area contributed by atoms with Gasteiger partial charge in [-0.05, 0) is 25.0 Å². The topological polar surface area (TPSA) is 3.24 Å². The summed E-state index contributed by atoms with van der Waals surface area (Å²) in [6.45, 7) is 10.6. The van der Waals surface area contributed by atoms with Crippen LogP contribution in [0.5, 0.6) is 0 Å². The van der Waals surface area contributed by atoms with Gasteiger partial charge in [0, 0.05) is 23.7 Å². The molecule has 1 aliphatic heterocycles. The lowest BCUT2D eigenvalue weighted by molar-refractivity contribution is 0.437. The van der Waals surface area contributed by atoms with E-state index in [9.17, 15) is 0 Å². The van der Waals surface area contributed by atoms with Gasteiger partial charge >= 0.3 is 0 Å². The van der Waals surface area contributed by atoms with Crippen LogP contribution in [0.15, 0.2) is 24.3 Å². The molecular formula is C16H26IN. The fourth-order valence-corrected chi connectivity index (χ4v) is 2.94. The maximum absolute atomic E-state index is 2.60. The van der Waals surface area contributed by atoms with Crippen molar-refractivity contribution in [1.29, 1.82) is 0 Å². The summed E-state index contributed by atoms with van der Waals surface area (Å²) in [6.07, 6.45) is 3.95. The van der Waals surface area contributed by atoms with Gasteiger partial charge in [0.05, 0.1) is 0 Å². The molecule has 0 bridgehead atoms. The molecule has 1 unspecified atom stereocenters. The number of unbranched alkanes of at least 4 members (excludes halogenated alkanes) is 2. The highest BCUT2D eigenvalue weighted by Crippen LogP contribution is 2.44. The third kappa shape index (κ3) is 2.68. The summed E-state index contributed by atoms with van der Waals surface area (Å²) in [5.41, 5.74) is 3.26. The Hall–Kier alpha value is -0.250. The first-order valence-corrected chi connectivity index (χ1v) is 6.95. The Morgan fingerprint density at radius 3 is 2.50 bits per heavy atom. The van der Waals surface area contributed by atoms with Crippen molar-refractivity contribution in [3.05, 3.63) is 29.8 Å². The number of hydrogen-bond donors (Lipinski definition) is 0. The van der Waals surface area contributed by atoms with Gasteiger partial charge in [-0.2, -0.15) is 0 Å². The molecule has 2 heteroatoms. The SMILES string of the molecule is CCCCCN1c2ccccc2C(C)(C)C1C.I. The summed E-state index contributed by atoms with van der Waals surface area (Å²) >= 11 is 0. The van der Waals surface area contributed by atoms with E-state index in [2.05, 4.69) is 56.9 Å². The second-order valence-corrected chi connectivity index (χ2v) is 5.82. The van der Waals surface area contributed by atoms with Crippen LogP contribution < -0.4 is 4.90 Å². The highest BCUT2D eigenvalue weighted by Gasteiger charge is 2.40. The molecule has 18 heavy (non-hydrogen) atoms. The van der Waals surface area contributed by atoms with Gasteiger partial charge in [-0.15, -0.1) is 24.0 Å². The molecule has 1 aromatic rings. The fourth-order valence-electron chi connectivity index (χ4n) is 2.94. The van der Waals surface area contributed by atoms with Gasteiger partial charge in [-0.1, -0.05) is 51.8 Å². The van der Waals surface area contributed by atoms with Crippen LogP contribution in [-0.4, -0.2) is 12.6 Å². The van der Waals surface area contributed by atoms with Crippen molar-refractivity contribution in [1.82, 2.24) is 0 Å². The van der Waals surface area contributed by atoms with Crippen LogP contribution in [0.2, 0.25) is 0 Å². The molecule has 1 heterocycles. The second kappa shape index (κ2) is 6.27. The van der Waals surface area contributed by atoms with Crippen LogP contribution >= 0.6 is 24.0 Å². The molecule has 102 valence electrons. The van der Waals surface area contributed by atoms with Crippen LogP contribution in [0.4, 0.5) is 5.69 Å². The van der Waals surface area contributed by atoms with Crippen molar-refractivity contribution in [2.45, 2.75) is 58.4 Å². The normalized spacial score (nSPS) is 20.4. The monoisotopic (exact) mass is 359 g/mol. The number of halogens is 1. The van der Waals surface area contributed by atoms with Crippen LogP contribution in [0.1, 0.15) is 52.5 Å². The lowest BCUT2D eigenvalue weighted by Crippen LogP contribution is -2.39. The first-order valence-electron chi connectivity index (χ1n) is 6.95. The summed E-state index contributed by atoms with van der Waals surface area (Å²) in [6, 6.07) is 9.53. The van der Waals surface area contributed by atoms with Crippen LogP contribution in [0, 0.1) is 0 Å². The number of hydrogen-bond acceptors (Lipinski definition) is 1. The highest BCUT2D eigenvalue weighted by molar-refractivity contribution is 14.0. The summed E-state index contributed by atoms with van der Waals surface area (Å²) in [5, 5.41) is 0. The molecule has 0 radical (unpaired) electrons. The van der Waals surface area contributed by atoms with E-state index in [4.69, 9.17) is 0 Å². The lowest BCUT2D eigenvalue weighted by atomic mass is 9.81. The van der Waals surface area contributed by atoms with Crippen molar-refractivity contribution < 1.29 is 0 Å². The van der Waals surface area contributed by atoms with Gasteiger partial charge in [-0.25, -0.2) is 0 Å². The lowest BCUT2D eigenvalue weighted by Gasteiger charge is -2.31. The second-order valence-electron chi connectivity index (χ2n) is 5.82. The standard InChI is InChI=1S/C16H25N.HI/c1-5-6-9-12-17-13(2)16(3,4)14-10-7-8-11-15(14)17;/h7-8,10-11,13H,5-6,9,12H2,1-4H3;1H. The average molecular weight is 359 g/mol. The summed E-state index contributed by atoms with van der Waals surface area (Å²) in [5.74, 6) is 0. The average Bonchev–Trinajstić information content (AvgIpc) is 2.51. The van der Waals surface area contributed by atoms with Gasteiger partial charge in [0.2, 0.25) is 0 Å². The minimum absolute atomic E-state index is 0. The number of fused-ring (bicyclic) bond motifs is 1. The Kier molecular flexibility index (Phi) is 5.50. The molecule has 1 atom stereocenters. The van der Waals surface area contributed by atoms with Crippen LogP contribution in [0.25, 0.3) is 0 Å². The number of rotatable bonds is 4. The van der Waals surface area contributed by atoms with E-state index >= 15 is 0 Å². The van der Waals surface area contributed by atoms with Crippen LogP contribution in [-0.2, 0) is 5.41 Å². The summed E-state index contributed by atoms with van der Waals surface area (Å²) in [4.78, 5) is 2.60. The van der Waals surface area contributed by atoms with E-state index < -0.39 is 0 Å². The van der Waals surface area contributed by atoms with Gasteiger partial charge in [-0.3, -0.25) is 0 Å². The molecule has 1 aliphatic rings. The molecule has 0 saturated carbocycles. The number of benzene rings is 1. The van der Waals surface area contributed by atoms with Crippen molar-refractivity contribution in [3.63, 3.8) is 0 Å². The van der Waals surface area contributed by atoms with Gasteiger partial charge < -0.3 is 4.90 Å². The highest BCUT2D eigenvalue weighted by atomic mass is 127. The molecular weight excluding hydrogens is 333 g/mol. The quantitative estimate of drug-likeness (QED) is 0.541. The Labute approximate surface area is 129 Å². The minimum Gasteiger partial charge on any atom is -0.368 e. The van der Waals surface area contributed by atoms with E-state index in [1.165, 1.54) is 37.1 Å². The summed E-state index contributed by atoms with van der Waals surface area (Å²) < 4.78 is 0. The molecule has 0 saturated heterocycles. The largest absolute Gasteiger partial charge is 0.368 e. The Balaban J connectivity index is 0.00000162. The molecule has 0 aliphatic carbocycles. The molecule has 0 fully saturated rings. The van der Waals surface area contributed by atoms with Crippen molar-refractivity contribution in [2.75, 3.05) is 11.4 Å². The van der Waals surface area contributed by atoms with Gasteiger partial charge in [0.15, 0.2) is 0 Å². The fraction of sp³-hybridized carbons (Fsp3) is 0.625. The predicted molar refractivity (Wildman–Crippen MR) is 91.2 cm³/mol. The zero-order valence-electron chi connectivity index (χ0n) is 12.1. The molecule has 0 spiro atoms. The smallest absolute Gasteiger partial charge is 0.0407 e. The molecule has 1 nitrogen and oxygen atoms in total. The maximum atomic E-state index is 2.60. The molecule has 1 aromatic carbocycles. The number of nitrogens with zero attached hydrogens (tertiary/aromatic N) is 1. The predicted octanol–water partition coefficient (Wildman–Crippen LogP) is 4.98. The van der Waals surface area contributed by atoms with E-state index in [0.717, 1.165) is 0 Å². The molecule has 0 N–H and O–H groups in total. The molecule has 2 rings (SSSR count). The van der Waals surface area contributed by atoms with E-state index in [-0.39, 0.29) is 29.4 Å². The van der Waals surface area contributed by atoms with Crippen LogP contribution in [0.3, 0.4) is 0 Å². The first kappa shape index (κ1) is 15.8. The zero-order chi connectivity index (χ0) is 12.5. The van der Waals surface area contributed by atoms with Crippen molar-refractivity contribution >= 4 is 29.7 Å². The van der Waals surface area contributed by atoms with Crippen molar-refractivity contribution in [2.24, 2.45) is 0 Å². The third-order valence-corrected chi connectivity index (χ3v) is 4.42. The summed E-state index contributed by atoms with van der Waals surface area (Å²) in [7, 11) is 0. The number of para-hydroxylation sites is 1. The van der Waals surface area contributed by atoms with Gasteiger partial charge in [0.1, 0.15) is 0 Å². The van der Waals surface area contributed by atoms with E-state index in [0.29, 0.717) is 6.04 Å². The van der Waals surface area contributed by atoms with Crippen molar-refractivity contribution in [3.8, 4) is 0 Å². The van der Waals surface area contributed by atoms with E-state index in [1.807, 2.05) is 0 Å². The van der Waals surface area contributed by atoms with E-state index in [1.54, 1.807) is 0 Å². The Morgan fingerprint density at radius 2 is 1.83 bits per heavy atom. The zero-order valence-corrected chi connectivity index (χ0v) is 14.4. The number of anilines is 1. The Morgan fingerprint density at radius 1 is 1.17 bits per heavy atom. The maximum Gasteiger partial charge on any atom is 0.0407 e. The molecule has 0 amide bonds. The van der Waals surface area contributed by atoms with Gasteiger partial charge in [0.25, 0.3) is 0 Å².